The van der Waals surface area contributed by atoms with E-state index >= 15 is 0 Å². The van der Waals surface area contributed by atoms with Gasteiger partial charge in [-0.2, -0.15) is 0 Å². The highest BCUT2D eigenvalue weighted by Crippen LogP contribution is 2.28. The number of anilines is 1. The van der Waals surface area contributed by atoms with Gasteiger partial charge < -0.3 is 14.5 Å². The molecule has 2 rings (SSSR count). The summed E-state index contributed by atoms with van der Waals surface area (Å²) in [4.78, 5) is 0. The van der Waals surface area contributed by atoms with E-state index in [9.17, 15) is 0 Å². The van der Waals surface area contributed by atoms with Crippen LogP contribution in [0.2, 0.25) is 5.02 Å². The Hall–Kier alpha value is -1.13. The van der Waals surface area contributed by atoms with Crippen LogP contribution >= 0.6 is 27.5 Å². The minimum atomic E-state index is 0.600. The number of nitrogens with one attached hydrogen (secondary N) is 1. The summed E-state index contributed by atoms with van der Waals surface area (Å²) in [7, 11) is 0. The van der Waals surface area contributed by atoms with Gasteiger partial charge in [-0.25, -0.2) is 0 Å². The number of benzene rings is 1. The molecule has 0 radical (unpaired) electrons. The van der Waals surface area contributed by atoms with Crippen molar-refractivity contribution in [2.24, 2.45) is 0 Å². The zero-order chi connectivity index (χ0) is 13.0. The van der Waals surface area contributed by atoms with Crippen LogP contribution in [0.4, 0.5) is 5.69 Å². The van der Waals surface area contributed by atoms with E-state index in [4.69, 9.17) is 20.8 Å². The van der Waals surface area contributed by atoms with Crippen LogP contribution in [0.25, 0.3) is 0 Å². The standard InChI is InChI=1S/C13H13BrClNO2/c1-2-17-12-5-3-9(7-11(12)15)16-8-10-4-6-13(14)18-10/h3-7,16H,2,8H2,1H3. The van der Waals surface area contributed by atoms with Gasteiger partial charge in [0, 0.05) is 5.69 Å². The van der Waals surface area contributed by atoms with Crippen LogP contribution in [0, 0.1) is 0 Å². The van der Waals surface area contributed by atoms with Crippen LogP contribution in [-0.4, -0.2) is 6.61 Å². The molecule has 96 valence electrons. The molecule has 0 saturated carbocycles. The van der Waals surface area contributed by atoms with Gasteiger partial charge in [-0.3, -0.25) is 0 Å². The molecule has 0 spiro atoms. The largest absolute Gasteiger partial charge is 0.492 e. The third kappa shape index (κ3) is 3.43. The van der Waals surface area contributed by atoms with Crippen molar-refractivity contribution >= 4 is 33.2 Å². The maximum absolute atomic E-state index is 6.10. The monoisotopic (exact) mass is 329 g/mol. The zero-order valence-electron chi connectivity index (χ0n) is 9.87. The first-order valence-corrected chi connectivity index (χ1v) is 6.76. The molecule has 3 nitrogen and oxygen atoms in total. The van der Waals surface area contributed by atoms with Crippen molar-refractivity contribution in [1.82, 2.24) is 0 Å². The van der Waals surface area contributed by atoms with Gasteiger partial charge in [-0.05, 0) is 53.2 Å². The maximum Gasteiger partial charge on any atom is 0.169 e. The molecule has 1 N–H and O–H groups in total. The van der Waals surface area contributed by atoms with Gasteiger partial charge in [-0.1, -0.05) is 11.6 Å². The number of hydrogen-bond acceptors (Lipinski definition) is 3. The topological polar surface area (TPSA) is 34.4 Å². The maximum atomic E-state index is 6.10. The molecule has 5 heteroatoms. The molecule has 1 heterocycles. The number of hydrogen-bond donors (Lipinski definition) is 1. The van der Waals surface area contributed by atoms with Crippen LogP contribution in [0.15, 0.2) is 39.4 Å². The molecule has 1 aromatic carbocycles. The molecular formula is C13H13BrClNO2. The van der Waals surface area contributed by atoms with Crippen molar-refractivity contribution in [2.45, 2.75) is 13.5 Å². The Balaban J connectivity index is 1.99. The Bertz CT molecular complexity index is 527. The lowest BCUT2D eigenvalue weighted by Crippen LogP contribution is -1.99. The molecular weight excluding hydrogens is 318 g/mol. The molecule has 0 aliphatic heterocycles. The third-order valence-corrected chi connectivity index (χ3v) is 3.05. The predicted octanol–water partition coefficient (Wildman–Crippen LogP) is 4.71. The third-order valence-electron chi connectivity index (χ3n) is 2.33. The summed E-state index contributed by atoms with van der Waals surface area (Å²) in [5.41, 5.74) is 0.927. The summed E-state index contributed by atoms with van der Waals surface area (Å²) in [6.45, 7) is 3.14. The molecule has 0 atom stereocenters. The molecule has 0 fully saturated rings. The average Bonchev–Trinajstić information content (AvgIpc) is 2.76. The van der Waals surface area contributed by atoms with Gasteiger partial charge in [-0.15, -0.1) is 0 Å². The van der Waals surface area contributed by atoms with Crippen molar-refractivity contribution in [3.63, 3.8) is 0 Å². The summed E-state index contributed by atoms with van der Waals surface area (Å²) in [6, 6.07) is 9.39. The first kappa shape index (κ1) is 13.3. The SMILES string of the molecule is CCOc1ccc(NCc2ccc(Br)o2)cc1Cl. The number of halogens is 2. The fraction of sp³-hybridized carbons (Fsp3) is 0.231. The van der Waals surface area contributed by atoms with Crippen LogP contribution in [0.5, 0.6) is 5.75 Å². The van der Waals surface area contributed by atoms with Gasteiger partial charge in [0.25, 0.3) is 0 Å². The van der Waals surface area contributed by atoms with E-state index in [0.29, 0.717) is 23.9 Å². The van der Waals surface area contributed by atoms with E-state index in [1.807, 2.05) is 37.3 Å². The highest BCUT2D eigenvalue weighted by atomic mass is 79.9. The van der Waals surface area contributed by atoms with Gasteiger partial charge in [0.2, 0.25) is 0 Å². The Kier molecular flexibility index (Phi) is 4.55. The number of ether oxygens (including phenoxy) is 1. The fourth-order valence-electron chi connectivity index (χ4n) is 1.52. The van der Waals surface area contributed by atoms with Gasteiger partial charge in [0.15, 0.2) is 4.67 Å². The quantitative estimate of drug-likeness (QED) is 0.862. The second-order valence-corrected chi connectivity index (χ2v) is 4.83. The lowest BCUT2D eigenvalue weighted by atomic mass is 10.3. The second kappa shape index (κ2) is 6.16. The predicted molar refractivity (Wildman–Crippen MR) is 76.4 cm³/mol. The summed E-state index contributed by atoms with van der Waals surface area (Å²) >= 11 is 9.36. The van der Waals surface area contributed by atoms with Gasteiger partial charge in [0.1, 0.15) is 11.5 Å². The molecule has 0 bridgehead atoms. The van der Waals surface area contributed by atoms with Crippen LogP contribution in [-0.2, 0) is 6.54 Å². The summed E-state index contributed by atoms with van der Waals surface area (Å²) in [5, 5.41) is 3.83. The lowest BCUT2D eigenvalue weighted by molar-refractivity contribution is 0.340. The molecule has 0 aliphatic carbocycles. The van der Waals surface area contributed by atoms with Crippen LogP contribution in [0.1, 0.15) is 12.7 Å². The normalized spacial score (nSPS) is 10.4. The first-order chi connectivity index (χ1) is 8.69. The van der Waals surface area contributed by atoms with Crippen molar-refractivity contribution < 1.29 is 9.15 Å². The Labute approximate surface area is 119 Å². The van der Waals surface area contributed by atoms with E-state index in [2.05, 4.69) is 21.2 Å². The van der Waals surface area contributed by atoms with Crippen molar-refractivity contribution in [3.8, 4) is 5.75 Å². The first-order valence-electron chi connectivity index (χ1n) is 5.59. The highest BCUT2D eigenvalue weighted by molar-refractivity contribution is 9.10. The zero-order valence-corrected chi connectivity index (χ0v) is 12.2. The van der Waals surface area contributed by atoms with Gasteiger partial charge in [0.05, 0.1) is 18.2 Å². The minimum absolute atomic E-state index is 0.600. The number of furan rings is 1. The average molecular weight is 331 g/mol. The minimum Gasteiger partial charge on any atom is -0.492 e. The van der Waals surface area contributed by atoms with E-state index in [0.717, 1.165) is 16.1 Å². The highest BCUT2D eigenvalue weighted by Gasteiger charge is 2.03. The fourth-order valence-corrected chi connectivity index (χ4v) is 2.09. The summed E-state index contributed by atoms with van der Waals surface area (Å²) in [6.07, 6.45) is 0. The molecule has 0 saturated heterocycles. The van der Waals surface area contributed by atoms with Crippen molar-refractivity contribution in [1.29, 1.82) is 0 Å². The van der Waals surface area contributed by atoms with E-state index in [1.54, 1.807) is 0 Å². The van der Waals surface area contributed by atoms with E-state index in [-0.39, 0.29) is 0 Å². The molecule has 1 aromatic heterocycles. The number of rotatable bonds is 5. The van der Waals surface area contributed by atoms with E-state index in [1.165, 1.54) is 0 Å². The molecule has 0 amide bonds. The second-order valence-electron chi connectivity index (χ2n) is 3.64. The molecule has 2 aromatic rings. The lowest BCUT2D eigenvalue weighted by Gasteiger charge is -2.09. The Morgan fingerprint density at radius 3 is 2.78 bits per heavy atom. The van der Waals surface area contributed by atoms with Crippen molar-refractivity contribution in [2.75, 3.05) is 11.9 Å². The smallest absolute Gasteiger partial charge is 0.169 e. The molecule has 0 unspecified atom stereocenters. The molecule has 0 aliphatic rings. The summed E-state index contributed by atoms with van der Waals surface area (Å²) < 4.78 is 11.5. The Morgan fingerprint density at radius 1 is 1.33 bits per heavy atom. The van der Waals surface area contributed by atoms with Crippen LogP contribution in [0.3, 0.4) is 0 Å². The van der Waals surface area contributed by atoms with Crippen molar-refractivity contribution in [3.05, 3.63) is 45.8 Å². The molecule has 18 heavy (non-hydrogen) atoms. The Morgan fingerprint density at radius 2 is 2.17 bits per heavy atom. The summed E-state index contributed by atoms with van der Waals surface area (Å²) in [5.74, 6) is 1.55. The van der Waals surface area contributed by atoms with Crippen LogP contribution < -0.4 is 10.1 Å². The van der Waals surface area contributed by atoms with Gasteiger partial charge >= 0.3 is 0 Å². The van der Waals surface area contributed by atoms with E-state index < -0.39 is 0 Å².